The fourth-order valence-corrected chi connectivity index (χ4v) is 3.47. The Balaban J connectivity index is 2.46. The molecule has 0 atom stereocenters. The van der Waals surface area contributed by atoms with Crippen molar-refractivity contribution >= 4 is 0 Å². The summed E-state index contributed by atoms with van der Waals surface area (Å²) < 4.78 is 0. The zero-order valence-corrected chi connectivity index (χ0v) is 11.5. The van der Waals surface area contributed by atoms with Gasteiger partial charge in [-0.2, -0.15) is 0 Å². The zero-order valence-electron chi connectivity index (χ0n) is 11.5. The van der Waals surface area contributed by atoms with Gasteiger partial charge in [-0.3, -0.25) is 0 Å². The molecule has 0 nitrogen and oxygen atoms in total. The van der Waals surface area contributed by atoms with E-state index in [0.717, 1.165) is 6.42 Å². The van der Waals surface area contributed by atoms with Crippen molar-refractivity contribution in [2.45, 2.75) is 50.9 Å². The molecule has 96 valence electrons. The molecular formula is C18H24. The van der Waals surface area contributed by atoms with Gasteiger partial charge in [-0.15, -0.1) is 0 Å². The number of benzene rings is 1. The lowest BCUT2D eigenvalue weighted by atomic mass is 9.64. The standard InChI is InChI=1S/C18H24/c1-3-11-16(4-2)18(14-9-6-10-15-18)17-12-7-5-8-13-17/h3,5,7-8,11-13H,1,4,6,9-10,14-15H2,2H3/b16-11+. The SMILES string of the molecule is C=C/C=C(\CC)C1(c2ccccc2)CCCCC1. The van der Waals surface area contributed by atoms with E-state index in [9.17, 15) is 0 Å². The van der Waals surface area contributed by atoms with Gasteiger partial charge in [0.15, 0.2) is 0 Å². The first-order valence-electron chi connectivity index (χ1n) is 7.21. The Hall–Kier alpha value is -1.30. The van der Waals surface area contributed by atoms with Crippen LogP contribution in [0.25, 0.3) is 0 Å². The molecule has 1 saturated carbocycles. The van der Waals surface area contributed by atoms with Crippen LogP contribution in [0.4, 0.5) is 0 Å². The van der Waals surface area contributed by atoms with Crippen molar-refractivity contribution in [3.05, 3.63) is 60.2 Å². The molecule has 0 aromatic heterocycles. The molecule has 0 saturated heterocycles. The summed E-state index contributed by atoms with van der Waals surface area (Å²) in [5.74, 6) is 0. The van der Waals surface area contributed by atoms with E-state index in [1.165, 1.54) is 37.7 Å². The van der Waals surface area contributed by atoms with Gasteiger partial charge in [0.1, 0.15) is 0 Å². The molecule has 1 aliphatic rings. The molecule has 1 aliphatic carbocycles. The highest BCUT2D eigenvalue weighted by molar-refractivity contribution is 5.38. The fraction of sp³-hybridized carbons (Fsp3) is 0.444. The van der Waals surface area contributed by atoms with Crippen molar-refractivity contribution in [2.75, 3.05) is 0 Å². The first-order chi connectivity index (χ1) is 8.83. The fourth-order valence-electron chi connectivity index (χ4n) is 3.47. The average molecular weight is 240 g/mol. The van der Waals surface area contributed by atoms with E-state index in [-0.39, 0.29) is 5.41 Å². The molecule has 0 unspecified atom stereocenters. The van der Waals surface area contributed by atoms with Crippen molar-refractivity contribution in [1.82, 2.24) is 0 Å². The van der Waals surface area contributed by atoms with Gasteiger partial charge in [-0.05, 0) is 24.8 Å². The first-order valence-corrected chi connectivity index (χ1v) is 7.21. The predicted octanol–water partition coefficient (Wildman–Crippen LogP) is 5.41. The molecule has 0 heterocycles. The molecule has 0 amide bonds. The molecule has 0 bridgehead atoms. The molecule has 0 radical (unpaired) electrons. The second-order valence-corrected chi connectivity index (χ2v) is 5.29. The summed E-state index contributed by atoms with van der Waals surface area (Å²) in [6.45, 7) is 6.16. The molecule has 2 rings (SSSR count). The van der Waals surface area contributed by atoms with E-state index in [4.69, 9.17) is 0 Å². The summed E-state index contributed by atoms with van der Waals surface area (Å²) in [4.78, 5) is 0. The maximum atomic E-state index is 3.89. The third-order valence-corrected chi connectivity index (χ3v) is 4.35. The number of hydrogen-bond donors (Lipinski definition) is 0. The molecule has 1 fully saturated rings. The number of rotatable bonds is 4. The van der Waals surface area contributed by atoms with Gasteiger partial charge in [0.2, 0.25) is 0 Å². The van der Waals surface area contributed by atoms with Crippen molar-refractivity contribution in [1.29, 1.82) is 0 Å². The summed E-state index contributed by atoms with van der Waals surface area (Å²) in [6.07, 6.45) is 12.0. The second-order valence-electron chi connectivity index (χ2n) is 5.29. The Kier molecular flexibility index (Phi) is 4.41. The maximum Gasteiger partial charge on any atom is 0.0164 e. The van der Waals surface area contributed by atoms with E-state index < -0.39 is 0 Å². The van der Waals surface area contributed by atoms with Gasteiger partial charge >= 0.3 is 0 Å². The van der Waals surface area contributed by atoms with E-state index in [0.29, 0.717) is 0 Å². The van der Waals surface area contributed by atoms with Gasteiger partial charge in [0, 0.05) is 5.41 Å². The highest BCUT2D eigenvalue weighted by Gasteiger charge is 2.35. The predicted molar refractivity (Wildman–Crippen MR) is 79.8 cm³/mol. The lowest BCUT2D eigenvalue weighted by molar-refractivity contribution is 0.334. The summed E-state index contributed by atoms with van der Waals surface area (Å²) in [5.41, 5.74) is 3.34. The summed E-state index contributed by atoms with van der Waals surface area (Å²) in [5, 5.41) is 0. The molecule has 1 aromatic rings. The zero-order chi connectivity index (χ0) is 12.8. The van der Waals surface area contributed by atoms with Crippen LogP contribution in [0.15, 0.2) is 54.6 Å². The van der Waals surface area contributed by atoms with Crippen LogP contribution in [0.5, 0.6) is 0 Å². The lowest BCUT2D eigenvalue weighted by Crippen LogP contribution is -2.31. The Bertz CT molecular complexity index is 405. The average Bonchev–Trinajstić information content (AvgIpc) is 2.46. The Morgan fingerprint density at radius 2 is 1.83 bits per heavy atom. The minimum Gasteiger partial charge on any atom is -0.0991 e. The number of allylic oxidation sites excluding steroid dienone is 3. The molecule has 0 N–H and O–H groups in total. The second kappa shape index (κ2) is 6.04. The lowest BCUT2D eigenvalue weighted by Gasteiger charge is -2.40. The van der Waals surface area contributed by atoms with Crippen LogP contribution in [0, 0.1) is 0 Å². The van der Waals surface area contributed by atoms with Gasteiger partial charge in [0.25, 0.3) is 0 Å². The van der Waals surface area contributed by atoms with Gasteiger partial charge in [-0.1, -0.05) is 80.8 Å². The largest absolute Gasteiger partial charge is 0.0991 e. The summed E-state index contributed by atoms with van der Waals surface area (Å²) >= 11 is 0. The van der Waals surface area contributed by atoms with Crippen LogP contribution in [0.1, 0.15) is 51.0 Å². The smallest absolute Gasteiger partial charge is 0.0164 e. The highest BCUT2D eigenvalue weighted by atomic mass is 14.4. The van der Waals surface area contributed by atoms with E-state index in [1.807, 2.05) is 6.08 Å². The van der Waals surface area contributed by atoms with E-state index >= 15 is 0 Å². The van der Waals surface area contributed by atoms with Crippen molar-refractivity contribution < 1.29 is 0 Å². The molecule has 18 heavy (non-hydrogen) atoms. The summed E-state index contributed by atoms with van der Waals surface area (Å²) in [7, 11) is 0. The van der Waals surface area contributed by atoms with Crippen LogP contribution in [0.2, 0.25) is 0 Å². The van der Waals surface area contributed by atoms with Gasteiger partial charge < -0.3 is 0 Å². The Morgan fingerprint density at radius 1 is 1.17 bits per heavy atom. The first kappa shape index (κ1) is 13.1. The van der Waals surface area contributed by atoms with E-state index in [2.05, 4.69) is 49.9 Å². The third kappa shape index (κ3) is 2.43. The van der Waals surface area contributed by atoms with Crippen LogP contribution in [-0.2, 0) is 5.41 Å². The highest BCUT2D eigenvalue weighted by Crippen LogP contribution is 2.46. The molecule has 0 aliphatic heterocycles. The van der Waals surface area contributed by atoms with Crippen molar-refractivity contribution in [3.8, 4) is 0 Å². The maximum absolute atomic E-state index is 3.89. The molecular weight excluding hydrogens is 216 g/mol. The Labute approximate surface area is 111 Å². The van der Waals surface area contributed by atoms with Crippen molar-refractivity contribution in [2.24, 2.45) is 0 Å². The van der Waals surface area contributed by atoms with Crippen LogP contribution >= 0.6 is 0 Å². The molecule has 0 spiro atoms. The molecule has 0 heteroatoms. The topological polar surface area (TPSA) is 0 Å². The van der Waals surface area contributed by atoms with Crippen LogP contribution in [-0.4, -0.2) is 0 Å². The van der Waals surface area contributed by atoms with Crippen LogP contribution < -0.4 is 0 Å². The molecule has 1 aromatic carbocycles. The van der Waals surface area contributed by atoms with Gasteiger partial charge in [0.05, 0.1) is 0 Å². The Morgan fingerprint density at radius 3 is 2.39 bits per heavy atom. The van der Waals surface area contributed by atoms with E-state index in [1.54, 1.807) is 5.57 Å². The normalized spacial score (nSPS) is 19.5. The minimum atomic E-state index is 0.280. The third-order valence-electron chi connectivity index (χ3n) is 4.35. The van der Waals surface area contributed by atoms with Crippen LogP contribution in [0.3, 0.4) is 0 Å². The monoisotopic (exact) mass is 240 g/mol. The quantitative estimate of drug-likeness (QED) is 0.617. The number of hydrogen-bond acceptors (Lipinski definition) is 0. The summed E-state index contributed by atoms with van der Waals surface area (Å²) in [6, 6.07) is 11.1. The minimum absolute atomic E-state index is 0.280. The van der Waals surface area contributed by atoms with Crippen molar-refractivity contribution in [3.63, 3.8) is 0 Å². The van der Waals surface area contributed by atoms with Gasteiger partial charge in [-0.25, -0.2) is 0 Å².